The van der Waals surface area contributed by atoms with Crippen LogP contribution in [0.5, 0.6) is 0 Å². The van der Waals surface area contributed by atoms with Crippen LogP contribution in [-0.2, 0) is 5.41 Å². The number of rotatable bonds is 1. The minimum Gasteiger partial charge on any atom is -0.0619 e. The summed E-state index contributed by atoms with van der Waals surface area (Å²) in [5.41, 5.74) is 12.7. The molecule has 1 atom stereocenters. The Bertz CT molecular complexity index is 3450. The molecule has 0 saturated carbocycles. The van der Waals surface area contributed by atoms with Crippen LogP contribution in [0.1, 0.15) is 22.3 Å². The Morgan fingerprint density at radius 3 is 1.47 bits per heavy atom. The van der Waals surface area contributed by atoms with Crippen molar-refractivity contribution in [2.75, 3.05) is 0 Å². The summed E-state index contributed by atoms with van der Waals surface area (Å²) >= 11 is 0. The average Bonchev–Trinajstić information content (AvgIpc) is 3.54. The second-order valence-electron chi connectivity index (χ2n) is 15.5. The Morgan fingerprint density at radius 2 is 0.745 bits per heavy atom. The predicted molar refractivity (Wildman–Crippen MR) is 233 cm³/mol. The van der Waals surface area contributed by atoms with Crippen LogP contribution in [0.3, 0.4) is 0 Å². The predicted octanol–water partition coefficient (Wildman–Crippen LogP) is 14.6. The van der Waals surface area contributed by atoms with Gasteiger partial charge in [-0.3, -0.25) is 0 Å². The van der Waals surface area contributed by atoms with Crippen LogP contribution < -0.4 is 0 Å². The molecule has 1 unspecified atom stereocenters. The maximum atomic E-state index is 2.54. The third-order valence-corrected chi connectivity index (χ3v) is 13.0. The van der Waals surface area contributed by atoms with Gasteiger partial charge in [0.1, 0.15) is 0 Å². The number of benzene rings is 11. The molecule has 0 heteroatoms. The van der Waals surface area contributed by atoms with Crippen LogP contribution in [0.15, 0.2) is 194 Å². The largest absolute Gasteiger partial charge is 0.0732 e. The van der Waals surface area contributed by atoms with Gasteiger partial charge in [-0.15, -0.1) is 0 Å². The molecule has 0 amide bonds. The first kappa shape index (κ1) is 29.4. The smallest absolute Gasteiger partial charge is 0.0619 e. The van der Waals surface area contributed by atoms with E-state index < -0.39 is 5.41 Å². The summed E-state index contributed by atoms with van der Waals surface area (Å²) in [6.45, 7) is 0. The summed E-state index contributed by atoms with van der Waals surface area (Å²) in [6, 6.07) is 73.5. The van der Waals surface area contributed by atoms with Crippen molar-refractivity contribution in [3.8, 4) is 33.4 Å². The first-order valence-corrected chi connectivity index (χ1v) is 19.4. The molecule has 55 heavy (non-hydrogen) atoms. The van der Waals surface area contributed by atoms with Gasteiger partial charge in [-0.25, -0.2) is 0 Å². The van der Waals surface area contributed by atoms with Crippen LogP contribution in [0, 0.1) is 0 Å². The Hall–Kier alpha value is -7.02. The summed E-state index contributed by atoms with van der Waals surface area (Å²) in [5, 5.41) is 15.7. The maximum Gasteiger partial charge on any atom is 0.0732 e. The van der Waals surface area contributed by atoms with Crippen LogP contribution in [0.25, 0.3) is 98.0 Å². The van der Waals surface area contributed by atoms with Crippen molar-refractivity contribution in [1.82, 2.24) is 0 Å². The van der Waals surface area contributed by atoms with Gasteiger partial charge in [0.2, 0.25) is 0 Å². The molecule has 0 nitrogen and oxygen atoms in total. The summed E-state index contributed by atoms with van der Waals surface area (Å²) in [7, 11) is 0. The second-order valence-corrected chi connectivity index (χ2v) is 15.5. The van der Waals surface area contributed by atoms with E-state index in [-0.39, 0.29) is 0 Å². The third kappa shape index (κ3) is 3.62. The van der Waals surface area contributed by atoms with E-state index in [1.165, 1.54) is 120 Å². The van der Waals surface area contributed by atoms with Crippen molar-refractivity contribution < 1.29 is 0 Å². The average molecular weight is 693 g/mol. The molecule has 0 bridgehead atoms. The van der Waals surface area contributed by atoms with E-state index in [0.29, 0.717) is 0 Å². The molecule has 0 radical (unpaired) electrons. The molecule has 0 N–H and O–H groups in total. The summed E-state index contributed by atoms with van der Waals surface area (Å²) < 4.78 is 0. The molecule has 13 rings (SSSR count). The summed E-state index contributed by atoms with van der Waals surface area (Å²) in [4.78, 5) is 0. The molecule has 2 aliphatic carbocycles. The fourth-order valence-electron chi connectivity index (χ4n) is 10.9. The Balaban J connectivity index is 1.19. The van der Waals surface area contributed by atoms with Gasteiger partial charge in [-0.05, 0) is 132 Å². The zero-order valence-electron chi connectivity index (χ0n) is 30.0. The lowest BCUT2D eigenvalue weighted by atomic mass is 9.59. The maximum absolute atomic E-state index is 2.54. The van der Waals surface area contributed by atoms with Gasteiger partial charge >= 0.3 is 0 Å². The van der Waals surface area contributed by atoms with Gasteiger partial charge in [0.25, 0.3) is 0 Å². The Kier molecular flexibility index (Phi) is 5.65. The lowest BCUT2D eigenvalue weighted by Gasteiger charge is -2.41. The van der Waals surface area contributed by atoms with E-state index >= 15 is 0 Å². The minimum absolute atomic E-state index is 0.533. The highest BCUT2D eigenvalue weighted by molar-refractivity contribution is 6.26. The third-order valence-electron chi connectivity index (χ3n) is 13.0. The zero-order chi connectivity index (χ0) is 35.8. The first-order chi connectivity index (χ1) is 27.3. The van der Waals surface area contributed by atoms with Crippen LogP contribution in [0.2, 0.25) is 0 Å². The highest BCUT2D eigenvalue weighted by Crippen LogP contribution is 2.64. The van der Waals surface area contributed by atoms with Crippen LogP contribution >= 0.6 is 0 Å². The molecule has 0 saturated heterocycles. The highest BCUT2D eigenvalue weighted by Gasteiger charge is 2.51. The lowest BCUT2D eigenvalue weighted by Crippen LogP contribution is -2.32. The standard InChI is InChI=1S/C55H32/c1-2-17-38-36(15-1)37-16-3-4-20-41(37)48-31-34(27-29-42(38)48)35-28-30-44-43-21-9-10-25-49(43)55(51(44)32-35)50-26-12-14-33-13-11-24-47(52(33)50)53-45-22-7-5-18-39(45)40-19-6-8-23-46(40)54(53)55/h1-32H. The number of hydrogen-bond acceptors (Lipinski definition) is 0. The van der Waals surface area contributed by atoms with Gasteiger partial charge in [-0.2, -0.15) is 0 Å². The minimum atomic E-state index is -0.533. The molecule has 11 aromatic carbocycles. The van der Waals surface area contributed by atoms with Gasteiger partial charge in [0.05, 0.1) is 5.41 Å². The summed E-state index contributed by atoms with van der Waals surface area (Å²) in [5.74, 6) is 0. The van der Waals surface area contributed by atoms with E-state index in [2.05, 4.69) is 194 Å². The molecule has 0 aliphatic heterocycles. The molecular weight excluding hydrogens is 661 g/mol. The second kappa shape index (κ2) is 10.6. The number of hydrogen-bond donors (Lipinski definition) is 0. The van der Waals surface area contributed by atoms with E-state index in [1.807, 2.05) is 0 Å². The molecule has 0 aromatic heterocycles. The van der Waals surface area contributed by atoms with Gasteiger partial charge in [-0.1, -0.05) is 182 Å². The molecule has 2 aliphatic rings. The van der Waals surface area contributed by atoms with E-state index in [1.54, 1.807) is 0 Å². The van der Waals surface area contributed by atoms with Crippen molar-refractivity contribution in [3.63, 3.8) is 0 Å². The summed E-state index contributed by atoms with van der Waals surface area (Å²) in [6.07, 6.45) is 0. The van der Waals surface area contributed by atoms with Crippen LogP contribution in [-0.4, -0.2) is 0 Å². The molecule has 0 fully saturated rings. The van der Waals surface area contributed by atoms with Crippen molar-refractivity contribution in [1.29, 1.82) is 0 Å². The topological polar surface area (TPSA) is 0 Å². The fraction of sp³-hybridized carbons (Fsp3) is 0.0182. The molecular formula is C55H32. The van der Waals surface area contributed by atoms with Crippen LogP contribution in [0.4, 0.5) is 0 Å². The van der Waals surface area contributed by atoms with Crippen molar-refractivity contribution >= 4 is 64.6 Å². The van der Waals surface area contributed by atoms with Crippen molar-refractivity contribution in [2.24, 2.45) is 0 Å². The zero-order valence-corrected chi connectivity index (χ0v) is 30.0. The first-order valence-electron chi connectivity index (χ1n) is 19.4. The molecule has 11 aromatic rings. The quantitative estimate of drug-likeness (QED) is 0.150. The molecule has 252 valence electrons. The van der Waals surface area contributed by atoms with E-state index in [4.69, 9.17) is 0 Å². The Morgan fingerprint density at radius 1 is 0.273 bits per heavy atom. The van der Waals surface area contributed by atoms with Gasteiger partial charge in [0, 0.05) is 0 Å². The molecule has 0 heterocycles. The van der Waals surface area contributed by atoms with Gasteiger partial charge < -0.3 is 0 Å². The SMILES string of the molecule is c1ccc2c(c1)-c1ccc(-c3ccc4c5ccccc5c5ccccc5c4c3)cc1C21c2c(c3ccccc3c3ccccc23)-c2cccc3cccc1c23. The monoisotopic (exact) mass is 692 g/mol. The normalized spacial score (nSPS) is 15.3. The molecule has 1 spiro atoms. The Labute approximate surface area is 318 Å². The number of fused-ring (bicyclic) bond motifs is 20. The van der Waals surface area contributed by atoms with Crippen molar-refractivity contribution in [3.05, 3.63) is 216 Å². The van der Waals surface area contributed by atoms with E-state index in [9.17, 15) is 0 Å². The van der Waals surface area contributed by atoms with E-state index in [0.717, 1.165) is 0 Å². The van der Waals surface area contributed by atoms with Crippen molar-refractivity contribution in [2.45, 2.75) is 5.41 Å². The lowest BCUT2D eigenvalue weighted by molar-refractivity contribution is 0.783. The van der Waals surface area contributed by atoms with Gasteiger partial charge in [0.15, 0.2) is 0 Å². The highest BCUT2D eigenvalue weighted by atomic mass is 14.5. The fourth-order valence-corrected chi connectivity index (χ4v) is 10.9.